The van der Waals surface area contributed by atoms with Crippen LogP contribution in [0.15, 0.2) is 18.3 Å². The predicted octanol–water partition coefficient (Wildman–Crippen LogP) is 1.81. The van der Waals surface area contributed by atoms with Gasteiger partial charge in [0.05, 0.1) is 11.0 Å². The van der Waals surface area contributed by atoms with Crippen LogP contribution in [0.1, 0.15) is 0 Å². The lowest BCUT2D eigenvalue weighted by molar-refractivity contribution is -0.384. The Kier molecular flexibility index (Phi) is 3.43. The third-order valence-electron chi connectivity index (χ3n) is 0.921. The minimum atomic E-state index is -0.520. The molecule has 0 aliphatic carbocycles. The molecule has 1 aromatic rings. The van der Waals surface area contributed by atoms with Crippen LogP contribution in [0.2, 0.25) is 5.15 Å². The third-order valence-corrected chi connectivity index (χ3v) is 1.13. The van der Waals surface area contributed by atoms with Gasteiger partial charge in [0.1, 0.15) is 5.15 Å². The number of pyridine rings is 1. The van der Waals surface area contributed by atoms with Gasteiger partial charge in [0, 0.05) is 12.3 Å². The van der Waals surface area contributed by atoms with Gasteiger partial charge in [0.15, 0.2) is 0 Å². The molecule has 0 aromatic carbocycles. The zero-order valence-corrected chi connectivity index (χ0v) is 6.28. The molecule has 6 heteroatoms. The number of halogens is 1. The molecule has 0 bridgehead atoms. The van der Waals surface area contributed by atoms with Gasteiger partial charge in [0.25, 0.3) is 5.69 Å². The summed E-state index contributed by atoms with van der Waals surface area (Å²) in [5.41, 5.74) is -0.0417. The fraction of sp³-hybridized carbons (Fsp3) is 0. The number of hydrogen-bond acceptors (Lipinski definition) is 4. The summed E-state index contributed by atoms with van der Waals surface area (Å²) < 4.78 is 0. The standard InChI is InChI=1S/C5H3ClN2O2.H3N/c6-5-3-4(8(9)10)1-2-7-5;/h1-3H;1H3. The van der Waals surface area contributed by atoms with Gasteiger partial charge in [-0.15, -0.1) is 0 Å². The van der Waals surface area contributed by atoms with Crippen LogP contribution in [-0.4, -0.2) is 9.91 Å². The quantitative estimate of drug-likeness (QED) is 0.400. The van der Waals surface area contributed by atoms with Crippen LogP contribution in [-0.2, 0) is 0 Å². The van der Waals surface area contributed by atoms with Crippen molar-refractivity contribution in [3.05, 3.63) is 33.6 Å². The first-order chi connectivity index (χ1) is 4.70. The number of nitro groups is 1. The summed E-state index contributed by atoms with van der Waals surface area (Å²) in [6.45, 7) is 0. The molecule has 0 aliphatic heterocycles. The molecule has 0 fully saturated rings. The summed E-state index contributed by atoms with van der Waals surface area (Å²) >= 11 is 5.37. The fourth-order valence-electron chi connectivity index (χ4n) is 0.506. The van der Waals surface area contributed by atoms with Gasteiger partial charge < -0.3 is 6.15 Å². The van der Waals surface area contributed by atoms with Crippen LogP contribution in [0.3, 0.4) is 0 Å². The molecule has 60 valence electrons. The van der Waals surface area contributed by atoms with E-state index in [1.807, 2.05) is 0 Å². The highest BCUT2D eigenvalue weighted by Gasteiger charge is 2.03. The van der Waals surface area contributed by atoms with Crippen LogP contribution in [0.5, 0.6) is 0 Å². The van der Waals surface area contributed by atoms with E-state index in [0.717, 1.165) is 0 Å². The van der Waals surface area contributed by atoms with E-state index in [0.29, 0.717) is 0 Å². The highest BCUT2D eigenvalue weighted by Crippen LogP contribution is 2.13. The van der Waals surface area contributed by atoms with Crippen molar-refractivity contribution in [1.82, 2.24) is 11.1 Å². The van der Waals surface area contributed by atoms with Gasteiger partial charge in [-0.3, -0.25) is 10.1 Å². The number of rotatable bonds is 1. The predicted molar refractivity (Wildman–Crippen MR) is 40.9 cm³/mol. The molecular formula is C5H6ClN3O2. The van der Waals surface area contributed by atoms with Crippen molar-refractivity contribution in [1.29, 1.82) is 0 Å². The molecule has 1 rings (SSSR count). The monoisotopic (exact) mass is 175 g/mol. The summed E-state index contributed by atoms with van der Waals surface area (Å²) in [5.74, 6) is 0. The molecular weight excluding hydrogens is 170 g/mol. The normalized spacial score (nSPS) is 8.45. The van der Waals surface area contributed by atoms with E-state index in [4.69, 9.17) is 11.6 Å². The second kappa shape index (κ2) is 3.85. The Hall–Kier alpha value is -1.20. The van der Waals surface area contributed by atoms with E-state index in [1.54, 1.807) is 0 Å². The molecule has 0 amide bonds. The molecule has 5 nitrogen and oxygen atoms in total. The first-order valence-electron chi connectivity index (χ1n) is 2.46. The van der Waals surface area contributed by atoms with Crippen molar-refractivity contribution >= 4 is 17.3 Å². The summed E-state index contributed by atoms with van der Waals surface area (Å²) in [6, 6.07) is 2.48. The lowest BCUT2D eigenvalue weighted by atomic mass is 10.4. The molecule has 0 aliphatic rings. The average molecular weight is 176 g/mol. The molecule has 0 atom stereocenters. The van der Waals surface area contributed by atoms with Crippen molar-refractivity contribution < 1.29 is 4.92 Å². The Morgan fingerprint density at radius 3 is 2.64 bits per heavy atom. The van der Waals surface area contributed by atoms with Crippen molar-refractivity contribution in [2.45, 2.75) is 0 Å². The SMILES string of the molecule is N.O=[N+]([O-])c1ccnc(Cl)c1. The van der Waals surface area contributed by atoms with Crippen LogP contribution in [0.25, 0.3) is 0 Å². The Morgan fingerprint density at radius 1 is 1.64 bits per heavy atom. The maximum atomic E-state index is 10.1. The average Bonchev–Trinajstić information content (AvgIpc) is 1.88. The first-order valence-corrected chi connectivity index (χ1v) is 2.84. The van der Waals surface area contributed by atoms with Gasteiger partial charge in [-0.1, -0.05) is 11.6 Å². The maximum absolute atomic E-state index is 10.1. The van der Waals surface area contributed by atoms with E-state index in [-0.39, 0.29) is 17.0 Å². The fourth-order valence-corrected chi connectivity index (χ4v) is 0.674. The second-order valence-corrected chi connectivity index (χ2v) is 1.98. The van der Waals surface area contributed by atoms with Crippen LogP contribution in [0.4, 0.5) is 5.69 Å². The Balaban J connectivity index is 0.000001000. The largest absolute Gasteiger partial charge is 0.344 e. The van der Waals surface area contributed by atoms with Gasteiger partial charge in [-0.25, -0.2) is 4.98 Å². The summed E-state index contributed by atoms with van der Waals surface area (Å²) in [7, 11) is 0. The van der Waals surface area contributed by atoms with Gasteiger partial charge >= 0.3 is 0 Å². The zero-order valence-electron chi connectivity index (χ0n) is 5.53. The smallest absolute Gasteiger partial charge is 0.274 e. The van der Waals surface area contributed by atoms with Crippen molar-refractivity contribution in [3.63, 3.8) is 0 Å². The molecule has 0 saturated carbocycles. The van der Waals surface area contributed by atoms with Crippen LogP contribution >= 0.6 is 11.6 Å². The minimum absolute atomic E-state index is 0. The van der Waals surface area contributed by atoms with E-state index < -0.39 is 4.92 Å². The summed E-state index contributed by atoms with van der Waals surface area (Å²) in [6.07, 6.45) is 1.29. The van der Waals surface area contributed by atoms with E-state index in [1.165, 1.54) is 18.3 Å². The maximum Gasteiger partial charge on any atom is 0.274 e. The van der Waals surface area contributed by atoms with Crippen molar-refractivity contribution in [2.24, 2.45) is 0 Å². The zero-order chi connectivity index (χ0) is 7.56. The molecule has 0 saturated heterocycles. The molecule has 1 heterocycles. The van der Waals surface area contributed by atoms with E-state index in [2.05, 4.69) is 4.98 Å². The summed E-state index contributed by atoms with van der Waals surface area (Å²) in [5, 5.41) is 10.2. The molecule has 3 N–H and O–H groups in total. The minimum Gasteiger partial charge on any atom is -0.344 e. The second-order valence-electron chi connectivity index (χ2n) is 1.59. The Labute approximate surface area is 67.7 Å². The Bertz CT molecular complexity index is 266. The first kappa shape index (κ1) is 9.80. The van der Waals surface area contributed by atoms with Crippen molar-refractivity contribution in [2.75, 3.05) is 0 Å². The van der Waals surface area contributed by atoms with E-state index >= 15 is 0 Å². The highest BCUT2D eigenvalue weighted by atomic mass is 35.5. The summed E-state index contributed by atoms with van der Waals surface area (Å²) in [4.78, 5) is 13.1. The third kappa shape index (κ3) is 2.48. The van der Waals surface area contributed by atoms with Gasteiger partial charge in [0.2, 0.25) is 0 Å². The van der Waals surface area contributed by atoms with Gasteiger partial charge in [-0.2, -0.15) is 0 Å². The number of nitrogens with zero attached hydrogens (tertiary/aromatic N) is 2. The van der Waals surface area contributed by atoms with E-state index in [9.17, 15) is 10.1 Å². The van der Waals surface area contributed by atoms with Crippen LogP contribution in [0, 0.1) is 10.1 Å². The van der Waals surface area contributed by atoms with Crippen LogP contribution < -0.4 is 6.15 Å². The number of hydrogen-bond donors (Lipinski definition) is 1. The Morgan fingerprint density at radius 2 is 2.27 bits per heavy atom. The number of aromatic nitrogens is 1. The lowest BCUT2D eigenvalue weighted by Gasteiger charge is -1.88. The molecule has 0 spiro atoms. The molecule has 0 unspecified atom stereocenters. The highest BCUT2D eigenvalue weighted by molar-refractivity contribution is 6.29. The molecule has 0 radical (unpaired) electrons. The van der Waals surface area contributed by atoms with Crippen molar-refractivity contribution in [3.8, 4) is 0 Å². The molecule has 11 heavy (non-hydrogen) atoms. The molecule has 1 aromatic heterocycles. The topological polar surface area (TPSA) is 91.0 Å². The lowest BCUT2D eigenvalue weighted by Crippen LogP contribution is -1.87. The van der Waals surface area contributed by atoms with Gasteiger partial charge in [-0.05, 0) is 0 Å².